The van der Waals surface area contributed by atoms with E-state index in [2.05, 4.69) is 14.7 Å². The Labute approximate surface area is 140 Å². The van der Waals surface area contributed by atoms with E-state index in [1.165, 1.54) is 24.3 Å². The van der Waals surface area contributed by atoms with Crippen LogP contribution >= 0.6 is 0 Å². The number of nitrogens with one attached hydrogen (secondary N) is 2. The second kappa shape index (κ2) is 6.24. The van der Waals surface area contributed by atoms with Crippen molar-refractivity contribution in [3.8, 4) is 0 Å². The van der Waals surface area contributed by atoms with E-state index in [1.54, 1.807) is 18.2 Å². The highest BCUT2D eigenvalue weighted by Crippen LogP contribution is 2.21. The molecule has 0 spiro atoms. The Balaban J connectivity index is 1.81. The number of halogens is 1. The SMILES string of the molecule is CC(C)c1nc2ccc(NS(=O)(=O)Cc3ccc(F)cc3)cc2[nH]1. The van der Waals surface area contributed by atoms with Gasteiger partial charge in [-0.25, -0.2) is 17.8 Å². The fourth-order valence-electron chi connectivity index (χ4n) is 2.38. The van der Waals surface area contributed by atoms with Crippen molar-refractivity contribution in [2.45, 2.75) is 25.5 Å². The number of hydrogen-bond donors (Lipinski definition) is 2. The Kier molecular flexibility index (Phi) is 4.28. The van der Waals surface area contributed by atoms with Crippen molar-refractivity contribution in [1.82, 2.24) is 9.97 Å². The van der Waals surface area contributed by atoms with Crippen LogP contribution in [0.3, 0.4) is 0 Å². The van der Waals surface area contributed by atoms with Gasteiger partial charge in [-0.3, -0.25) is 4.72 Å². The molecule has 3 aromatic rings. The molecule has 0 aliphatic heterocycles. The van der Waals surface area contributed by atoms with Crippen molar-refractivity contribution in [2.75, 3.05) is 4.72 Å². The van der Waals surface area contributed by atoms with Gasteiger partial charge >= 0.3 is 0 Å². The number of fused-ring (bicyclic) bond motifs is 1. The molecule has 0 saturated heterocycles. The van der Waals surface area contributed by atoms with E-state index < -0.39 is 15.8 Å². The van der Waals surface area contributed by atoms with Crippen LogP contribution in [0, 0.1) is 5.82 Å². The molecule has 0 aliphatic carbocycles. The molecule has 1 aromatic heterocycles. The lowest BCUT2D eigenvalue weighted by Crippen LogP contribution is -2.15. The Hall–Kier alpha value is -2.41. The summed E-state index contributed by atoms with van der Waals surface area (Å²) >= 11 is 0. The number of anilines is 1. The molecule has 0 unspecified atom stereocenters. The Bertz CT molecular complexity index is 963. The molecule has 2 aromatic carbocycles. The molecule has 0 aliphatic rings. The maximum atomic E-state index is 12.9. The topological polar surface area (TPSA) is 74.8 Å². The van der Waals surface area contributed by atoms with E-state index in [-0.39, 0.29) is 11.7 Å². The predicted molar refractivity (Wildman–Crippen MR) is 92.8 cm³/mol. The number of rotatable bonds is 5. The second-order valence-corrected chi connectivity index (χ2v) is 7.72. The summed E-state index contributed by atoms with van der Waals surface area (Å²) in [5, 5.41) is 0. The third-order valence-corrected chi connectivity index (χ3v) is 4.85. The van der Waals surface area contributed by atoms with Gasteiger partial charge in [0.2, 0.25) is 10.0 Å². The molecule has 2 N–H and O–H groups in total. The van der Waals surface area contributed by atoms with Crippen LogP contribution in [0.5, 0.6) is 0 Å². The quantitative estimate of drug-likeness (QED) is 0.738. The molecular weight excluding hydrogens is 329 g/mol. The number of nitrogens with zero attached hydrogens (tertiary/aromatic N) is 1. The Morgan fingerprint density at radius 2 is 1.88 bits per heavy atom. The van der Waals surface area contributed by atoms with Gasteiger partial charge in [-0.1, -0.05) is 26.0 Å². The second-order valence-electron chi connectivity index (χ2n) is 6.00. The van der Waals surface area contributed by atoms with Gasteiger partial charge in [0.25, 0.3) is 0 Å². The summed E-state index contributed by atoms with van der Waals surface area (Å²) in [5.74, 6) is 0.507. The summed E-state index contributed by atoms with van der Waals surface area (Å²) in [7, 11) is -3.59. The Morgan fingerprint density at radius 1 is 1.17 bits per heavy atom. The molecule has 0 amide bonds. The zero-order chi connectivity index (χ0) is 17.3. The van der Waals surface area contributed by atoms with Crippen molar-refractivity contribution in [2.24, 2.45) is 0 Å². The van der Waals surface area contributed by atoms with Crippen molar-refractivity contribution in [1.29, 1.82) is 0 Å². The van der Waals surface area contributed by atoms with Crippen LogP contribution in [0.15, 0.2) is 42.5 Å². The molecule has 7 heteroatoms. The average Bonchev–Trinajstić information content (AvgIpc) is 2.92. The maximum absolute atomic E-state index is 12.9. The van der Waals surface area contributed by atoms with Gasteiger partial charge in [0.05, 0.1) is 22.5 Å². The summed E-state index contributed by atoms with van der Waals surface area (Å²) in [4.78, 5) is 7.65. The number of benzene rings is 2. The van der Waals surface area contributed by atoms with Gasteiger partial charge in [-0.05, 0) is 35.9 Å². The lowest BCUT2D eigenvalue weighted by molar-refractivity contribution is 0.600. The number of H-pyrrole nitrogens is 1. The van der Waals surface area contributed by atoms with E-state index in [9.17, 15) is 12.8 Å². The molecule has 126 valence electrons. The normalized spacial score (nSPS) is 12.0. The predicted octanol–water partition coefficient (Wildman–Crippen LogP) is 3.77. The fraction of sp³-hybridized carbons (Fsp3) is 0.235. The van der Waals surface area contributed by atoms with Crippen molar-refractivity contribution in [3.05, 3.63) is 59.7 Å². The van der Waals surface area contributed by atoms with Crippen LogP contribution in [0.4, 0.5) is 10.1 Å². The number of hydrogen-bond acceptors (Lipinski definition) is 3. The summed E-state index contributed by atoms with van der Waals surface area (Å²) in [6, 6.07) is 10.6. The number of aromatic nitrogens is 2. The smallest absolute Gasteiger partial charge is 0.236 e. The molecule has 0 bridgehead atoms. The van der Waals surface area contributed by atoms with Gasteiger partial charge in [0.1, 0.15) is 11.6 Å². The molecule has 1 heterocycles. The lowest BCUT2D eigenvalue weighted by atomic mass is 10.2. The maximum Gasteiger partial charge on any atom is 0.236 e. The molecule has 0 saturated carbocycles. The molecule has 24 heavy (non-hydrogen) atoms. The van der Waals surface area contributed by atoms with E-state index in [0.29, 0.717) is 11.3 Å². The number of sulfonamides is 1. The highest BCUT2D eigenvalue weighted by Gasteiger charge is 2.13. The van der Waals surface area contributed by atoms with Gasteiger partial charge in [-0.2, -0.15) is 0 Å². The molecule has 0 atom stereocenters. The Morgan fingerprint density at radius 3 is 2.54 bits per heavy atom. The van der Waals surface area contributed by atoms with Crippen molar-refractivity contribution in [3.63, 3.8) is 0 Å². The first-order chi connectivity index (χ1) is 11.3. The number of aromatic amines is 1. The highest BCUT2D eigenvalue weighted by atomic mass is 32.2. The molecule has 0 fully saturated rings. The van der Waals surface area contributed by atoms with Crippen LogP contribution < -0.4 is 4.72 Å². The monoisotopic (exact) mass is 347 g/mol. The minimum absolute atomic E-state index is 0.217. The zero-order valence-electron chi connectivity index (χ0n) is 13.4. The first-order valence-electron chi connectivity index (χ1n) is 7.57. The third-order valence-electron chi connectivity index (χ3n) is 3.59. The first-order valence-corrected chi connectivity index (χ1v) is 9.22. The summed E-state index contributed by atoms with van der Waals surface area (Å²) in [5.41, 5.74) is 2.55. The van der Waals surface area contributed by atoms with Crippen LogP contribution in [-0.2, 0) is 15.8 Å². The number of imidazole rings is 1. The van der Waals surface area contributed by atoms with Crippen molar-refractivity contribution >= 4 is 26.7 Å². The van der Waals surface area contributed by atoms with E-state index in [4.69, 9.17) is 0 Å². The van der Waals surface area contributed by atoms with Crippen molar-refractivity contribution < 1.29 is 12.8 Å². The van der Waals surface area contributed by atoms with Crippen LogP contribution in [0.2, 0.25) is 0 Å². The third kappa shape index (κ3) is 3.73. The standard InChI is InChI=1S/C17H18FN3O2S/c1-11(2)17-19-15-8-7-14(9-16(15)20-17)21-24(22,23)10-12-3-5-13(18)6-4-12/h3-9,11,21H,10H2,1-2H3,(H,19,20). The summed E-state index contributed by atoms with van der Waals surface area (Å²) in [6.45, 7) is 4.06. The first kappa shape index (κ1) is 16.4. The summed E-state index contributed by atoms with van der Waals surface area (Å²) < 4.78 is 40.0. The zero-order valence-corrected chi connectivity index (χ0v) is 14.2. The summed E-state index contributed by atoms with van der Waals surface area (Å²) in [6.07, 6.45) is 0. The van der Waals surface area contributed by atoms with E-state index in [1.807, 2.05) is 13.8 Å². The van der Waals surface area contributed by atoms with E-state index >= 15 is 0 Å². The molecule has 3 rings (SSSR count). The van der Waals surface area contributed by atoms with Crippen LogP contribution in [0.1, 0.15) is 31.2 Å². The molecule has 5 nitrogen and oxygen atoms in total. The lowest BCUT2D eigenvalue weighted by Gasteiger charge is -2.08. The van der Waals surface area contributed by atoms with Gasteiger partial charge in [0, 0.05) is 5.92 Å². The van der Waals surface area contributed by atoms with Gasteiger partial charge < -0.3 is 4.98 Å². The molecular formula is C17H18FN3O2S. The van der Waals surface area contributed by atoms with Crippen LogP contribution in [-0.4, -0.2) is 18.4 Å². The van der Waals surface area contributed by atoms with E-state index in [0.717, 1.165) is 16.9 Å². The average molecular weight is 347 g/mol. The van der Waals surface area contributed by atoms with Gasteiger partial charge in [-0.15, -0.1) is 0 Å². The molecule has 0 radical (unpaired) electrons. The minimum Gasteiger partial charge on any atom is -0.342 e. The van der Waals surface area contributed by atoms with Crippen LogP contribution in [0.25, 0.3) is 11.0 Å². The minimum atomic E-state index is -3.59. The largest absolute Gasteiger partial charge is 0.342 e. The fourth-order valence-corrected chi connectivity index (χ4v) is 3.57. The highest BCUT2D eigenvalue weighted by molar-refractivity contribution is 7.91. The van der Waals surface area contributed by atoms with Gasteiger partial charge in [0.15, 0.2) is 0 Å².